The van der Waals surface area contributed by atoms with Gasteiger partial charge in [0.1, 0.15) is 6.61 Å². The summed E-state index contributed by atoms with van der Waals surface area (Å²) < 4.78 is 14.2. The van der Waals surface area contributed by atoms with E-state index in [1.54, 1.807) is 7.11 Å². The zero-order chi connectivity index (χ0) is 22.4. The van der Waals surface area contributed by atoms with Crippen molar-refractivity contribution < 1.29 is 14.3 Å². The molecule has 0 atom stereocenters. The van der Waals surface area contributed by atoms with E-state index in [0.29, 0.717) is 29.0 Å². The predicted octanol–water partition coefficient (Wildman–Crippen LogP) is 5.00. The first-order valence-corrected chi connectivity index (χ1v) is 11.6. The Morgan fingerprint density at radius 3 is 2.58 bits per heavy atom. The molecule has 0 radical (unpaired) electrons. The van der Waals surface area contributed by atoms with E-state index in [1.165, 1.54) is 11.8 Å². The van der Waals surface area contributed by atoms with E-state index < -0.39 is 0 Å². The molecule has 3 rings (SSSR count). The Morgan fingerprint density at radius 2 is 1.87 bits per heavy atom. The Labute approximate surface area is 194 Å². The van der Waals surface area contributed by atoms with Crippen LogP contribution in [0.4, 0.5) is 5.69 Å². The third-order valence-corrected chi connectivity index (χ3v) is 6.69. The van der Waals surface area contributed by atoms with Gasteiger partial charge in [0.05, 0.1) is 12.9 Å². The van der Waals surface area contributed by atoms with Crippen molar-refractivity contribution in [1.82, 2.24) is 14.8 Å². The van der Waals surface area contributed by atoms with Crippen LogP contribution in [0.5, 0.6) is 11.5 Å². The molecule has 0 bridgehead atoms. The van der Waals surface area contributed by atoms with Crippen LogP contribution in [0, 0.1) is 13.8 Å². The van der Waals surface area contributed by atoms with Gasteiger partial charge in [-0.15, -0.1) is 10.2 Å². The van der Waals surface area contributed by atoms with Crippen molar-refractivity contribution >= 4 is 39.3 Å². The summed E-state index contributed by atoms with van der Waals surface area (Å²) in [5.41, 5.74) is 2.96. The summed E-state index contributed by atoms with van der Waals surface area (Å²) in [4.78, 5) is 12.5. The Kier molecular flexibility index (Phi) is 7.97. The lowest BCUT2D eigenvalue weighted by Crippen LogP contribution is -2.16. The number of methoxy groups -OCH3 is 1. The molecule has 1 amide bonds. The lowest BCUT2D eigenvalue weighted by Gasteiger charge is -2.12. The van der Waals surface area contributed by atoms with Crippen LogP contribution in [-0.4, -0.2) is 33.5 Å². The minimum absolute atomic E-state index is 0.0905. The van der Waals surface area contributed by atoms with Crippen molar-refractivity contribution in [2.45, 2.75) is 39.1 Å². The molecule has 7 nitrogen and oxygen atoms in total. The van der Waals surface area contributed by atoms with Gasteiger partial charge in [0.25, 0.3) is 0 Å². The molecule has 0 aliphatic rings. The number of aromatic nitrogens is 3. The highest BCUT2D eigenvalue weighted by Gasteiger charge is 2.15. The topological polar surface area (TPSA) is 78.3 Å². The maximum Gasteiger partial charge on any atom is 0.234 e. The molecule has 0 fully saturated rings. The van der Waals surface area contributed by atoms with Gasteiger partial charge in [-0.25, -0.2) is 0 Å². The Bertz CT molecular complexity index is 1070. The second kappa shape index (κ2) is 10.7. The number of ether oxygens (including phenoxy) is 2. The van der Waals surface area contributed by atoms with E-state index in [-0.39, 0.29) is 18.3 Å². The predicted molar refractivity (Wildman–Crippen MR) is 126 cm³/mol. The fourth-order valence-electron chi connectivity index (χ4n) is 2.97. The summed E-state index contributed by atoms with van der Waals surface area (Å²) in [5, 5.41) is 12.1. The normalized spacial score (nSPS) is 10.7. The van der Waals surface area contributed by atoms with Gasteiger partial charge in [-0.1, -0.05) is 39.8 Å². The van der Waals surface area contributed by atoms with Crippen LogP contribution < -0.4 is 14.8 Å². The SMILES string of the molecule is CCn1c(COc2ccccc2OC)nnc1SCC(=O)Nc1ccc(Br)c(C)c1C. The number of hydrogen-bond acceptors (Lipinski definition) is 6. The number of hydrogen-bond donors (Lipinski definition) is 1. The summed E-state index contributed by atoms with van der Waals surface area (Å²) in [6.07, 6.45) is 0. The van der Waals surface area contributed by atoms with Crippen LogP contribution in [0.1, 0.15) is 23.9 Å². The van der Waals surface area contributed by atoms with E-state index in [4.69, 9.17) is 9.47 Å². The Hall–Kier alpha value is -2.52. The molecule has 0 aliphatic heterocycles. The number of thioether (sulfide) groups is 1. The van der Waals surface area contributed by atoms with Crippen molar-refractivity contribution in [3.8, 4) is 11.5 Å². The van der Waals surface area contributed by atoms with Crippen LogP contribution >= 0.6 is 27.7 Å². The quantitative estimate of drug-likeness (QED) is 0.413. The molecule has 2 aromatic carbocycles. The summed E-state index contributed by atoms with van der Waals surface area (Å²) in [6, 6.07) is 11.3. The van der Waals surface area contributed by atoms with Crippen LogP contribution in [-0.2, 0) is 17.9 Å². The van der Waals surface area contributed by atoms with E-state index >= 15 is 0 Å². The number of halogens is 1. The van der Waals surface area contributed by atoms with Crippen LogP contribution in [0.3, 0.4) is 0 Å². The third-order valence-electron chi connectivity index (χ3n) is 4.86. The molecule has 1 N–H and O–H groups in total. The number of carbonyl (C=O) groups excluding carboxylic acids is 1. The Morgan fingerprint density at radius 1 is 1.13 bits per heavy atom. The number of benzene rings is 2. The average molecular weight is 505 g/mol. The molecule has 9 heteroatoms. The van der Waals surface area contributed by atoms with Crippen molar-refractivity contribution in [1.29, 1.82) is 0 Å². The molecule has 0 saturated heterocycles. The minimum atomic E-state index is -0.0905. The lowest BCUT2D eigenvalue weighted by molar-refractivity contribution is -0.113. The monoisotopic (exact) mass is 504 g/mol. The number of nitrogens with zero attached hydrogens (tertiary/aromatic N) is 3. The first-order chi connectivity index (χ1) is 14.9. The van der Waals surface area contributed by atoms with Gasteiger partial charge in [0.15, 0.2) is 22.5 Å². The average Bonchev–Trinajstić information content (AvgIpc) is 3.18. The first-order valence-electron chi connectivity index (χ1n) is 9.80. The molecule has 0 aliphatic carbocycles. The second-order valence-electron chi connectivity index (χ2n) is 6.76. The van der Waals surface area contributed by atoms with Crippen molar-refractivity contribution in [3.63, 3.8) is 0 Å². The Balaban J connectivity index is 1.62. The van der Waals surface area contributed by atoms with Gasteiger partial charge in [0.2, 0.25) is 5.91 Å². The largest absolute Gasteiger partial charge is 0.493 e. The number of carbonyl (C=O) groups is 1. The third kappa shape index (κ3) is 5.59. The molecule has 0 saturated carbocycles. The first kappa shape index (κ1) is 23.1. The fourth-order valence-corrected chi connectivity index (χ4v) is 4.22. The second-order valence-corrected chi connectivity index (χ2v) is 8.56. The molecule has 1 heterocycles. The number of nitrogens with one attached hydrogen (secondary N) is 1. The van der Waals surface area contributed by atoms with Crippen molar-refractivity contribution in [2.24, 2.45) is 0 Å². The molecule has 3 aromatic rings. The molecule has 0 unspecified atom stereocenters. The standard InChI is InChI=1S/C22H25BrN4O3S/c1-5-27-20(12-30-19-9-7-6-8-18(19)29-4)25-26-22(27)31-13-21(28)24-17-11-10-16(23)14(2)15(17)3/h6-11H,5,12-13H2,1-4H3,(H,24,28). The summed E-state index contributed by atoms with van der Waals surface area (Å²) in [7, 11) is 1.60. The number of rotatable bonds is 9. The molecule has 0 spiro atoms. The van der Waals surface area contributed by atoms with E-state index in [9.17, 15) is 4.79 Å². The highest BCUT2D eigenvalue weighted by molar-refractivity contribution is 9.10. The number of amides is 1. The van der Waals surface area contributed by atoms with E-state index in [0.717, 1.165) is 21.3 Å². The maximum absolute atomic E-state index is 12.5. The van der Waals surface area contributed by atoms with Crippen molar-refractivity contribution in [2.75, 3.05) is 18.2 Å². The van der Waals surface area contributed by atoms with Crippen molar-refractivity contribution in [3.05, 3.63) is 57.8 Å². The van der Waals surface area contributed by atoms with Gasteiger partial charge in [-0.3, -0.25) is 4.79 Å². The smallest absolute Gasteiger partial charge is 0.234 e. The number of anilines is 1. The van der Waals surface area contributed by atoms with Gasteiger partial charge in [0, 0.05) is 16.7 Å². The molecule has 164 valence electrons. The highest BCUT2D eigenvalue weighted by atomic mass is 79.9. The minimum Gasteiger partial charge on any atom is -0.493 e. The fraction of sp³-hybridized carbons (Fsp3) is 0.318. The van der Waals surface area contributed by atoms with Gasteiger partial charge in [-0.05, 0) is 56.2 Å². The van der Waals surface area contributed by atoms with E-state index in [2.05, 4.69) is 31.4 Å². The maximum atomic E-state index is 12.5. The zero-order valence-corrected chi connectivity index (χ0v) is 20.3. The highest BCUT2D eigenvalue weighted by Crippen LogP contribution is 2.28. The summed E-state index contributed by atoms with van der Waals surface area (Å²) in [5.74, 6) is 2.14. The zero-order valence-electron chi connectivity index (χ0n) is 17.9. The van der Waals surface area contributed by atoms with E-state index in [1.807, 2.05) is 61.7 Å². The van der Waals surface area contributed by atoms with Gasteiger partial charge < -0.3 is 19.4 Å². The van der Waals surface area contributed by atoms with Gasteiger partial charge in [-0.2, -0.15) is 0 Å². The molecule has 1 aromatic heterocycles. The molecule has 31 heavy (non-hydrogen) atoms. The number of para-hydroxylation sites is 2. The summed E-state index contributed by atoms with van der Waals surface area (Å²) in [6.45, 7) is 6.94. The van der Waals surface area contributed by atoms with Crippen LogP contribution in [0.25, 0.3) is 0 Å². The van der Waals surface area contributed by atoms with Crippen LogP contribution in [0.2, 0.25) is 0 Å². The summed E-state index contributed by atoms with van der Waals surface area (Å²) >= 11 is 4.86. The van der Waals surface area contributed by atoms with Gasteiger partial charge >= 0.3 is 0 Å². The lowest BCUT2D eigenvalue weighted by atomic mass is 10.1. The van der Waals surface area contributed by atoms with Crippen LogP contribution in [0.15, 0.2) is 46.0 Å². The molecular weight excluding hydrogens is 480 g/mol. The molecular formula is C22H25BrN4O3S.